The molecule has 0 spiro atoms. The molecular weight excluding hydrogens is 410 g/mol. The van der Waals surface area contributed by atoms with Gasteiger partial charge in [-0.2, -0.15) is 0 Å². The SMILES string of the molecule is COc1ccc(C(=O)Nc2nc(-c3ccc4c(c3)CCN4C(=O)C(C)(C)C)cs2)cc1. The van der Waals surface area contributed by atoms with Gasteiger partial charge in [0.15, 0.2) is 5.13 Å². The van der Waals surface area contributed by atoms with E-state index in [0.29, 0.717) is 23.0 Å². The number of aromatic nitrogens is 1. The third-order valence-electron chi connectivity index (χ3n) is 5.23. The van der Waals surface area contributed by atoms with Crippen LogP contribution in [0.5, 0.6) is 5.75 Å². The summed E-state index contributed by atoms with van der Waals surface area (Å²) >= 11 is 1.38. The summed E-state index contributed by atoms with van der Waals surface area (Å²) in [6.45, 7) is 6.53. The number of anilines is 2. The lowest BCUT2D eigenvalue weighted by Gasteiger charge is -2.26. The molecule has 1 aliphatic rings. The fourth-order valence-corrected chi connectivity index (χ4v) is 4.27. The highest BCUT2D eigenvalue weighted by Crippen LogP contribution is 2.35. The highest BCUT2D eigenvalue weighted by molar-refractivity contribution is 7.14. The van der Waals surface area contributed by atoms with E-state index in [1.165, 1.54) is 11.3 Å². The minimum absolute atomic E-state index is 0.135. The third-order valence-corrected chi connectivity index (χ3v) is 5.99. The van der Waals surface area contributed by atoms with Crippen LogP contribution in [0.2, 0.25) is 0 Å². The van der Waals surface area contributed by atoms with Gasteiger partial charge in [-0.1, -0.05) is 26.8 Å². The van der Waals surface area contributed by atoms with Crippen LogP contribution in [0.3, 0.4) is 0 Å². The number of nitrogens with zero attached hydrogens (tertiary/aromatic N) is 2. The average Bonchev–Trinajstić information content (AvgIpc) is 3.39. The second-order valence-corrected chi connectivity index (χ2v) is 9.38. The van der Waals surface area contributed by atoms with Crippen molar-refractivity contribution in [1.82, 2.24) is 4.98 Å². The normalized spacial score (nSPS) is 13.1. The zero-order chi connectivity index (χ0) is 22.2. The number of carbonyl (C=O) groups is 2. The van der Waals surface area contributed by atoms with E-state index in [1.54, 1.807) is 31.4 Å². The summed E-state index contributed by atoms with van der Waals surface area (Å²) in [7, 11) is 1.59. The molecule has 1 N–H and O–H groups in total. The number of hydrogen-bond acceptors (Lipinski definition) is 5. The van der Waals surface area contributed by atoms with Crippen LogP contribution in [-0.2, 0) is 11.2 Å². The van der Waals surface area contributed by atoms with Crippen molar-refractivity contribution in [3.8, 4) is 17.0 Å². The minimum Gasteiger partial charge on any atom is -0.497 e. The van der Waals surface area contributed by atoms with Crippen molar-refractivity contribution in [3.63, 3.8) is 0 Å². The number of amides is 2. The lowest BCUT2D eigenvalue weighted by atomic mass is 9.94. The summed E-state index contributed by atoms with van der Waals surface area (Å²) in [6.07, 6.45) is 0.830. The van der Waals surface area contributed by atoms with Gasteiger partial charge in [0.2, 0.25) is 5.91 Å². The van der Waals surface area contributed by atoms with Crippen LogP contribution in [-0.4, -0.2) is 30.5 Å². The first-order chi connectivity index (χ1) is 14.8. The van der Waals surface area contributed by atoms with Crippen molar-refractivity contribution in [3.05, 3.63) is 59.0 Å². The van der Waals surface area contributed by atoms with E-state index in [1.807, 2.05) is 43.2 Å². The van der Waals surface area contributed by atoms with E-state index in [9.17, 15) is 9.59 Å². The molecule has 0 fully saturated rings. The van der Waals surface area contributed by atoms with Gasteiger partial charge in [0, 0.05) is 34.2 Å². The molecular formula is C24H25N3O3S. The number of methoxy groups -OCH3 is 1. The molecule has 0 saturated heterocycles. The number of carbonyl (C=O) groups excluding carboxylic acids is 2. The van der Waals surface area contributed by atoms with Gasteiger partial charge in [-0.25, -0.2) is 4.98 Å². The largest absolute Gasteiger partial charge is 0.497 e. The van der Waals surface area contributed by atoms with Gasteiger partial charge in [-0.3, -0.25) is 14.9 Å². The summed E-state index contributed by atoms with van der Waals surface area (Å²) < 4.78 is 5.12. The molecule has 0 unspecified atom stereocenters. The Labute approximate surface area is 185 Å². The molecule has 0 aliphatic carbocycles. The Bertz CT molecular complexity index is 1130. The fraction of sp³-hybridized carbons (Fsp3) is 0.292. The van der Waals surface area contributed by atoms with Crippen LogP contribution in [0.15, 0.2) is 47.8 Å². The molecule has 160 valence electrons. The van der Waals surface area contributed by atoms with Gasteiger partial charge in [0.1, 0.15) is 5.75 Å². The number of fused-ring (bicyclic) bond motifs is 1. The summed E-state index contributed by atoms with van der Waals surface area (Å²) in [5, 5.41) is 5.32. The third kappa shape index (κ3) is 4.32. The lowest BCUT2D eigenvalue weighted by Crippen LogP contribution is -2.38. The van der Waals surface area contributed by atoms with Gasteiger partial charge in [0.05, 0.1) is 12.8 Å². The highest BCUT2D eigenvalue weighted by Gasteiger charge is 2.32. The Morgan fingerprint density at radius 2 is 1.87 bits per heavy atom. The Balaban J connectivity index is 1.49. The predicted octanol–water partition coefficient (Wildman–Crippen LogP) is 5.01. The first-order valence-corrected chi connectivity index (χ1v) is 11.0. The minimum atomic E-state index is -0.411. The monoisotopic (exact) mass is 435 g/mol. The number of ether oxygens (including phenoxy) is 1. The summed E-state index contributed by atoms with van der Waals surface area (Å²) in [5.41, 5.74) is 4.03. The summed E-state index contributed by atoms with van der Waals surface area (Å²) in [5.74, 6) is 0.623. The zero-order valence-corrected chi connectivity index (χ0v) is 18.9. The molecule has 0 saturated carbocycles. The van der Waals surface area contributed by atoms with E-state index >= 15 is 0 Å². The molecule has 1 aliphatic heterocycles. The van der Waals surface area contributed by atoms with E-state index in [-0.39, 0.29) is 11.8 Å². The van der Waals surface area contributed by atoms with E-state index < -0.39 is 5.41 Å². The van der Waals surface area contributed by atoms with Gasteiger partial charge >= 0.3 is 0 Å². The van der Waals surface area contributed by atoms with Crippen LogP contribution in [0, 0.1) is 5.41 Å². The Morgan fingerprint density at radius 3 is 2.55 bits per heavy atom. The molecule has 31 heavy (non-hydrogen) atoms. The molecule has 1 aromatic heterocycles. The van der Waals surface area contributed by atoms with Crippen molar-refractivity contribution in [2.75, 3.05) is 23.9 Å². The number of hydrogen-bond donors (Lipinski definition) is 1. The van der Waals surface area contributed by atoms with Crippen molar-refractivity contribution in [2.45, 2.75) is 27.2 Å². The number of benzene rings is 2. The Hall–Kier alpha value is -3.19. The van der Waals surface area contributed by atoms with Crippen LogP contribution in [0.1, 0.15) is 36.7 Å². The second-order valence-electron chi connectivity index (χ2n) is 8.52. The Kier molecular flexibility index (Phi) is 5.54. The zero-order valence-electron chi connectivity index (χ0n) is 18.1. The maximum Gasteiger partial charge on any atom is 0.257 e. The van der Waals surface area contributed by atoms with E-state index in [0.717, 1.165) is 28.9 Å². The van der Waals surface area contributed by atoms with E-state index in [4.69, 9.17) is 4.74 Å². The molecule has 0 atom stereocenters. The molecule has 6 nitrogen and oxygen atoms in total. The first kappa shape index (κ1) is 21.1. The lowest BCUT2D eigenvalue weighted by molar-refractivity contribution is -0.125. The number of nitrogens with one attached hydrogen (secondary N) is 1. The smallest absolute Gasteiger partial charge is 0.257 e. The van der Waals surface area contributed by atoms with Gasteiger partial charge in [-0.15, -0.1) is 11.3 Å². The van der Waals surface area contributed by atoms with Crippen LogP contribution in [0.4, 0.5) is 10.8 Å². The van der Waals surface area contributed by atoms with Gasteiger partial charge < -0.3 is 9.64 Å². The molecule has 4 rings (SSSR count). The molecule has 3 aromatic rings. The maximum absolute atomic E-state index is 12.7. The topological polar surface area (TPSA) is 71.5 Å². The Morgan fingerprint density at radius 1 is 1.13 bits per heavy atom. The molecule has 0 radical (unpaired) electrons. The molecule has 2 heterocycles. The summed E-state index contributed by atoms with van der Waals surface area (Å²) in [4.78, 5) is 31.6. The van der Waals surface area contributed by atoms with Crippen molar-refractivity contribution >= 4 is 34.0 Å². The molecule has 2 amide bonds. The molecule has 2 aromatic carbocycles. The predicted molar refractivity (Wildman–Crippen MR) is 124 cm³/mol. The standard InChI is InChI=1S/C24H25N3O3S/c1-24(2,3)22(29)27-12-11-17-13-16(7-10-20(17)27)19-14-31-23(25-19)26-21(28)15-5-8-18(30-4)9-6-15/h5-10,13-14H,11-12H2,1-4H3,(H,25,26,28). The van der Waals surface area contributed by atoms with Gasteiger partial charge in [-0.05, 0) is 48.4 Å². The van der Waals surface area contributed by atoms with Crippen LogP contribution >= 0.6 is 11.3 Å². The fourth-order valence-electron chi connectivity index (χ4n) is 3.55. The average molecular weight is 436 g/mol. The number of rotatable bonds is 4. The molecule has 7 heteroatoms. The maximum atomic E-state index is 12.7. The van der Waals surface area contributed by atoms with Crippen molar-refractivity contribution in [1.29, 1.82) is 0 Å². The first-order valence-electron chi connectivity index (χ1n) is 10.1. The number of thiazole rings is 1. The highest BCUT2D eigenvalue weighted by atomic mass is 32.1. The molecule has 0 bridgehead atoms. The second kappa shape index (κ2) is 8.15. The summed E-state index contributed by atoms with van der Waals surface area (Å²) in [6, 6.07) is 13.0. The van der Waals surface area contributed by atoms with E-state index in [2.05, 4.69) is 16.4 Å². The van der Waals surface area contributed by atoms with Crippen molar-refractivity contribution in [2.24, 2.45) is 5.41 Å². The van der Waals surface area contributed by atoms with Crippen molar-refractivity contribution < 1.29 is 14.3 Å². The van der Waals surface area contributed by atoms with Gasteiger partial charge in [0.25, 0.3) is 5.91 Å². The quantitative estimate of drug-likeness (QED) is 0.626. The van der Waals surface area contributed by atoms with Crippen LogP contribution < -0.4 is 15.0 Å². The van der Waals surface area contributed by atoms with Crippen LogP contribution in [0.25, 0.3) is 11.3 Å².